The number of hydrogen-bond acceptors (Lipinski definition) is 3. The number of nitrogens with one attached hydrogen (secondary N) is 1. The Balaban J connectivity index is 1.36. The van der Waals surface area contributed by atoms with E-state index in [9.17, 15) is 4.79 Å². The summed E-state index contributed by atoms with van der Waals surface area (Å²) >= 11 is 0. The molecule has 0 aliphatic heterocycles. The van der Waals surface area contributed by atoms with Gasteiger partial charge in [0.25, 0.3) is 5.91 Å². The highest BCUT2D eigenvalue weighted by atomic mass is 16.1. The molecule has 0 atom stereocenters. The molecule has 4 saturated carbocycles. The zero-order chi connectivity index (χ0) is 19.5. The van der Waals surface area contributed by atoms with Crippen LogP contribution >= 0.6 is 0 Å². The molecule has 3 aromatic rings. The van der Waals surface area contributed by atoms with Gasteiger partial charge in [-0.2, -0.15) is 5.10 Å². The first-order valence-corrected chi connectivity index (χ1v) is 10.8. The summed E-state index contributed by atoms with van der Waals surface area (Å²) < 4.78 is 1.76. The first-order chi connectivity index (χ1) is 14.1. The quantitative estimate of drug-likeness (QED) is 0.734. The number of fused-ring (bicyclic) bond motifs is 1. The topological polar surface area (TPSA) is 59.8 Å². The molecule has 4 bridgehead atoms. The van der Waals surface area contributed by atoms with Gasteiger partial charge >= 0.3 is 0 Å². The molecule has 148 valence electrons. The SMILES string of the molecule is Cn1cc(-c2cc(C(=O)NC3C4CC5CC(C4)CC3C5)c3ccccc3n2)cn1. The molecule has 2 heterocycles. The van der Waals surface area contributed by atoms with Crippen molar-refractivity contribution in [1.29, 1.82) is 0 Å². The van der Waals surface area contributed by atoms with E-state index in [-0.39, 0.29) is 5.91 Å². The average Bonchev–Trinajstić information content (AvgIpc) is 3.15. The third-order valence-corrected chi connectivity index (χ3v) is 7.49. The second kappa shape index (κ2) is 6.41. The van der Waals surface area contributed by atoms with Crippen LogP contribution < -0.4 is 5.32 Å². The number of nitrogens with zero attached hydrogens (tertiary/aromatic N) is 3. The van der Waals surface area contributed by atoms with E-state index in [0.29, 0.717) is 17.9 Å². The molecule has 0 spiro atoms. The van der Waals surface area contributed by atoms with E-state index in [4.69, 9.17) is 4.98 Å². The molecule has 0 saturated heterocycles. The summed E-state index contributed by atoms with van der Waals surface area (Å²) in [6.45, 7) is 0. The van der Waals surface area contributed by atoms with Gasteiger partial charge in [0.15, 0.2) is 0 Å². The van der Waals surface area contributed by atoms with Crippen molar-refractivity contribution in [3.8, 4) is 11.3 Å². The van der Waals surface area contributed by atoms with Crippen molar-refractivity contribution < 1.29 is 4.79 Å². The average molecular weight is 386 g/mol. The van der Waals surface area contributed by atoms with Gasteiger partial charge in [0.05, 0.1) is 23.0 Å². The largest absolute Gasteiger partial charge is 0.349 e. The van der Waals surface area contributed by atoms with Crippen LogP contribution in [0.5, 0.6) is 0 Å². The molecule has 7 rings (SSSR count). The number of pyridine rings is 1. The summed E-state index contributed by atoms with van der Waals surface area (Å²) in [4.78, 5) is 18.3. The number of carbonyl (C=O) groups excluding carboxylic acids is 1. The number of para-hydroxylation sites is 1. The lowest BCUT2D eigenvalue weighted by molar-refractivity contribution is -0.0119. The smallest absolute Gasteiger partial charge is 0.252 e. The van der Waals surface area contributed by atoms with Crippen LogP contribution in [-0.4, -0.2) is 26.7 Å². The number of aromatic nitrogens is 3. The molecular formula is C24H26N4O. The van der Waals surface area contributed by atoms with Crippen LogP contribution in [0.2, 0.25) is 0 Å². The van der Waals surface area contributed by atoms with Gasteiger partial charge in [0.2, 0.25) is 0 Å². The van der Waals surface area contributed by atoms with Crippen molar-refractivity contribution in [2.45, 2.75) is 38.1 Å². The predicted molar refractivity (Wildman–Crippen MR) is 112 cm³/mol. The predicted octanol–water partition coefficient (Wildman–Crippen LogP) is 4.19. The molecule has 1 amide bonds. The lowest BCUT2D eigenvalue weighted by atomic mass is 9.54. The molecule has 4 fully saturated rings. The Kier molecular flexibility index (Phi) is 3.80. The Morgan fingerprint density at radius 2 is 1.79 bits per heavy atom. The molecule has 5 heteroatoms. The summed E-state index contributed by atoms with van der Waals surface area (Å²) in [6, 6.07) is 10.2. The van der Waals surface area contributed by atoms with E-state index < -0.39 is 0 Å². The minimum Gasteiger partial charge on any atom is -0.349 e. The van der Waals surface area contributed by atoms with Crippen molar-refractivity contribution in [2.24, 2.45) is 30.7 Å². The Morgan fingerprint density at radius 1 is 1.07 bits per heavy atom. The summed E-state index contributed by atoms with van der Waals surface area (Å²) in [5.41, 5.74) is 3.31. The molecular weight excluding hydrogens is 360 g/mol. The molecule has 4 aliphatic rings. The van der Waals surface area contributed by atoms with E-state index in [2.05, 4.69) is 10.4 Å². The highest BCUT2D eigenvalue weighted by molar-refractivity contribution is 6.07. The summed E-state index contributed by atoms with van der Waals surface area (Å²) in [6.07, 6.45) is 10.4. The van der Waals surface area contributed by atoms with Crippen molar-refractivity contribution in [2.75, 3.05) is 0 Å². The molecule has 1 N–H and O–H groups in total. The van der Waals surface area contributed by atoms with Crippen LogP contribution in [0.3, 0.4) is 0 Å². The maximum absolute atomic E-state index is 13.5. The molecule has 5 nitrogen and oxygen atoms in total. The van der Waals surface area contributed by atoms with E-state index in [1.165, 1.54) is 32.1 Å². The van der Waals surface area contributed by atoms with Gasteiger partial charge in [-0.15, -0.1) is 0 Å². The number of carbonyl (C=O) groups is 1. The standard InChI is InChI=1S/C24H26N4O/c1-28-13-18(12-25-28)22-11-20(19-4-2-3-5-21(19)26-22)24(29)27-23-16-7-14-6-15(9-16)10-17(23)8-14/h2-5,11-17,23H,6-10H2,1H3,(H,27,29). The molecule has 1 aromatic carbocycles. The zero-order valence-corrected chi connectivity index (χ0v) is 16.7. The van der Waals surface area contributed by atoms with E-state index in [1.54, 1.807) is 10.9 Å². The van der Waals surface area contributed by atoms with E-state index in [1.807, 2.05) is 43.6 Å². The molecule has 2 aromatic heterocycles. The van der Waals surface area contributed by atoms with Crippen LogP contribution in [0.4, 0.5) is 0 Å². The van der Waals surface area contributed by atoms with Crippen molar-refractivity contribution >= 4 is 16.8 Å². The number of benzene rings is 1. The molecule has 0 unspecified atom stereocenters. The van der Waals surface area contributed by atoms with Crippen molar-refractivity contribution in [1.82, 2.24) is 20.1 Å². The van der Waals surface area contributed by atoms with Gasteiger partial charge in [-0.1, -0.05) is 18.2 Å². The zero-order valence-electron chi connectivity index (χ0n) is 16.7. The van der Waals surface area contributed by atoms with Gasteiger partial charge in [-0.05, 0) is 67.9 Å². The summed E-state index contributed by atoms with van der Waals surface area (Å²) in [7, 11) is 1.89. The third kappa shape index (κ3) is 2.86. The van der Waals surface area contributed by atoms with Crippen LogP contribution in [0.25, 0.3) is 22.2 Å². The van der Waals surface area contributed by atoms with Crippen LogP contribution in [0.15, 0.2) is 42.7 Å². The number of hydrogen-bond donors (Lipinski definition) is 1. The molecule has 29 heavy (non-hydrogen) atoms. The Morgan fingerprint density at radius 3 is 2.48 bits per heavy atom. The fourth-order valence-corrected chi connectivity index (χ4v) is 6.45. The number of amides is 1. The normalized spacial score (nSPS) is 30.0. The highest BCUT2D eigenvalue weighted by Crippen LogP contribution is 2.53. The third-order valence-electron chi connectivity index (χ3n) is 7.49. The van der Waals surface area contributed by atoms with Crippen molar-refractivity contribution in [3.05, 3.63) is 48.3 Å². The Bertz CT molecular complexity index is 1070. The fourth-order valence-electron chi connectivity index (χ4n) is 6.45. The van der Waals surface area contributed by atoms with Crippen LogP contribution in [0, 0.1) is 23.7 Å². The molecule has 0 radical (unpaired) electrons. The van der Waals surface area contributed by atoms with E-state index in [0.717, 1.165) is 39.6 Å². The number of aryl methyl sites for hydroxylation is 1. The molecule has 4 aliphatic carbocycles. The van der Waals surface area contributed by atoms with Gasteiger partial charge < -0.3 is 5.32 Å². The maximum atomic E-state index is 13.5. The maximum Gasteiger partial charge on any atom is 0.252 e. The lowest BCUT2D eigenvalue weighted by Gasteiger charge is -2.54. The minimum absolute atomic E-state index is 0.0474. The monoisotopic (exact) mass is 386 g/mol. The van der Waals surface area contributed by atoms with Gasteiger partial charge in [0, 0.05) is 30.2 Å². The first kappa shape index (κ1) is 17.2. The summed E-state index contributed by atoms with van der Waals surface area (Å²) in [5.74, 6) is 3.20. The Labute approximate surface area is 170 Å². The van der Waals surface area contributed by atoms with Gasteiger partial charge in [-0.25, -0.2) is 4.98 Å². The van der Waals surface area contributed by atoms with Gasteiger partial charge in [0.1, 0.15) is 0 Å². The Hall–Kier alpha value is -2.69. The van der Waals surface area contributed by atoms with Crippen LogP contribution in [-0.2, 0) is 7.05 Å². The second-order valence-electron chi connectivity index (χ2n) is 9.40. The van der Waals surface area contributed by atoms with Crippen molar-refractivity contribution in [3.63, 3.8) is 0 Å². The first-order valence-electron chi connectivity index (χ1n) is 10.8. The van der Waals surface area contributed by atoms with Crippen LogP contribution in [0.1, 0.15) is 42.5 Å². The fraction of sp³-hybridized carbons (Fsp3) is 0.458. The second-order valence-corrected chi connectivity index (χ2v) is 9.40. The van der Waals surface area contributed by atoms with Gasteiger partial charge in [-0.3, -0.25) is 9.48 Å². The summed E-state index contributed by atoms with van der Waals surface area (Å²) in [5, 5.41) is 8.65. The highest BCUT2D eigenvalue weighted by Gasteiger charge is 2.48. The van der Waals surface area contributed by atoms with E-state index >= 15 is 0 Å². The number of rotatable bonds is 3. The lowest BCUT2D eigenvalue weighted by Crippen LogP contribution is -2.55. The minimum atomic E-state index is 0.0474.